The van der Waals surface area contributed by atoms with Crippen LogP contribution in [0.2, 0.25) is 0 Å². The van der Waals surface area contributed by atoms with Crippen LogP contribution in [0.5, 0.6) is 0 Å². The highest BCUT2D eigenvalue weighted by molar-refractivity contribution is 5.40. The lowest BCUT2D eigenvalue weighted by Crippen LogP contribution is -2.53. The normalized spacial score (nSPS) is 44.8. The molecule has 0 spiro atoms. The number of fused-ring (bicyclic) bond motifs is 8. The van der Waals surface area contributed by atoms with Gasteiger partial charge in [0.1, 0.15) is 0 Å². The van der Waals surface area contributed by atoms with E-state index in [-0.39, 0.29) is 0 Å². The van der Waals surface area contributed by atoms with Crippen LogP contribution < -0.4 is 0 Å². The van der Waals surface area contributed by atoms with Gasteiger partial charge in [0.25, 0.3) is 0 Å². The Labute approximate surface area is 397 Å². The first-order chi connectivity index (χ1) is 29.5. The Morgan fingerprint density at radius 2 is 0.969 bits per heavy atom. The molecule has 0 bridgehead atoms. The molecule has 4 fully saturated rings. The minimum Gasteiger partial charge on any atom is -0.390 e. The second-order valence-corrected chi connectivity index (χ2v) is 28.8. The molecule has 0 radical (unpaired) electrons. The molecule has 0 aromatic carbocycles. The molecular weight excluding hydrogens is 777 g/mol. The second-order valence-electron chi connectivity index (χ2n) is 28.8. The molecule has 0 amide bonds. The molecule has 4 saturated carbocycles. The summed E-state index contributed by atoms with van der Waals surface area (Å²) in [6.07, 6.45) is 28.5. The van der Waals surface area contributed by atoms with Crippen LogP contribution in [0.25, 0.3) is 0 Å². The SMILES string of the molecule is CC(C)=CCCC(C)C1CC[C@@]2(C)C3=C(CC[C@]12C)[C@@]1(C)CC[C@H](C)C(C)(C)[C@@H]1CC3.CC(CCC(O)C(C)(C)O)C1CC[C@@]2(C)C3=C(CC[C@]12C)[C@@]1(C)CC[C@H](C)C(C)(C)[C@@H]1CC3. The molecule has 0 saturated heterocycles. The maximum absolute atomic E-state index is 10.4. The zero-order valence-corrected chi connectivity index (χ0v) is 45.8. The Balaban J connectivity index is 0.000000192. The van der Waals surface area contributed by atoms with E-state index < -0.39 is 11.7 Å². The van der Waals surface area contributed by atoms with E-state index in [9.17, 15) is 10.2 Å². The van der Waals surface area contributed by atoms with E-state index in [1.54, 1.807) is 13.8 Å². The smallest absolute Gasteiger partial charge is 0.0849 e. The van der Waals surface area contributed by atoms with E-state index >= 15 is 0 Å². The molecule has 2 N–H and O–H groups in total. The highest BCUT2D eigenvalue weighted by Gasteiger charge is 2.65. The average Bonchev–Trinajstić information content (AvgIpc) is 3.65. The fourth-order valence-electron chi connectivity index (χ4n) is 19.5. The largest absolute Gasteiger partial charge is 0.390 e. The third-order valence-corrected chi connectivity index (χ3v) is 25.0. The summed E-state index contributed by atoms with van der Waals surface area (Å²) in [6.45, 7) is 44.3. The predicted molar refractivity (Wildman–Crippen MR) is 275 cm³/mol. The van der Waals surface area contributed by atoms with Crippen molar-refractivity contribution in [1.29, 1.82) is 0 Å². The number of rotatable bonds is 9. The van der Waals surface area contributed by atoms with E-state index in [2.05, 4.69) is 117 Å². The Bertz CT molecular complexity index is 1810. The van der Waals surface area contributed by atoms with Crippen molar-refractivity contribution >= 4 is 0 Å². The average molecular weight is 884 g/mol. The van der Waals surface area contributed by atoms with Crippen molar-refractivity contribution in [2.75, 3.05) is 0 Å². The van der Waals surface area contributed by atoms with Crippen LogP contribution in [0.3, 0.4) is 0 Å². The Morgan fingerprint density at radius 3 is 1.36 bits per heavy atom. The van der Waals surface area contributed by atoms with E-state index in [1.165, 1.54) is 121 Å². The summed E-state index contributed by atoms with van der Waals surface area (Å²) >= 11 is 0. The maximum atomic E-state index is 10.4. The first-order valence-electron chi connectivity index (χ1n) is 28.0. The van der Waals surface area contributed by atoms with Crippen molar-refractivity contribution in [2.45, 2.75) is 265 Å². The maximum Gasteiger partial charge on any atom is 0.0849 e. The predicted octanol–water partition coefficient (Wildman–Crippen LogP) is 17.7. The highest BCUT2D eigenvalue weighted by atomic mass is 16.3. The third-order valence-electron chi connectivity index (χ3n) is 25.0. The van der Waals surface area contributed by atoms with Gasteiger partial charge in [-0.15, -0.1) is 0 Å². The summed E-state index contributed by atoms with van der Waals surface area (Å²) in [4.78, 5) is 0. The van der Waals surface area contributed by atoms with Gasteiger partial charge >= 0.3 is 0 Å². The van der Waals surface area contributed by atoms with Crippen LogP contribution in [0.4, 0.5) is 0 Å². The van der Waals surface area contributed by atoms with Gasteiger partial charge in [-0.2, -0.15) is 0 Å². The molecular formula is C62H106O2. The zero-order valence-electron chi connectivity index (χ0n) is 45.8. The van der Waals surface area contributed by atoms with Gasteiger partial charge in [-0.25, -0.2) is 0 Å². The lowest BCUT2D eigenvalue weighted by Gasteiger charge is -2.62. The summed E-state index contributed by atoms with van der Waals surface area (Å²) in [6, 6.07) is 0. The van der Waals surface area contributed by atoms with E-state index in [0.717, 1.165) is 47.8 Å². The number of hydrogen-bond acceptors (Lipinski definition) is 2. The minimum atomic E-state index is -1.00. The number of aliphatic hydroxyl groups is 2. The van der Waals surface area contributed by atoms with Gasteiger partial charge in [0.05, 0.1) is 11.7 Å². The minimum absolute atomic E-state index is 0.343. The van der Waals surface area contributed by atoms with Gasteiger partial charge in [0, 0.05) is 0 Å². The number of hydrogen-bond donors (Lipinski definition) is 2. The standard InChI is InChI=1S/C31H54O2.C31H52/c1-20(10-13-26(32)28(5,6)33)22-15-18-31(9)24-11-12-25-27(3,4)21(2)14-17-29(25,7)23(24)16-19-30(22,31)8;1-21(2)11-10-12-22(3)24-16-19-31(9)26-13-14-27-28(5,6)23(4)15-18-29(27,7)25(26)17-20-30(24,31)8/h20-22,25-26,32-33H,10-19H2,1-9H3;11,22-24,27H,10,12-20H2,1-9H3/t20?,21-,22?,25-,26?,29+,30+,31-;22?,23-,24?,27-,29+,30+,31-/m00/s1. The summed E-state index contributed by atoms with van der Waals surface area (Å²) in [7, 11) is 0. The summed E-state index contributed by atoms with van der Waals surface area (Å²) in [5.74, 6) is 6.50. The topological polar surface area (TPSA) is 40.5 Å². The van der Waals surface area contributed by atoms with Gasteiger partial charge in [-0.1, -0.05) is 131 Å². The van der Waals surface area contributed by atoms with Crippen molar-refractivity contribution in [3.8, 4) is 0 Å². The zero-order chi connectivity index (χ0) is 47.4. The Hall–Kier alpha value is -0.860. The summed E-state index contributed by atoms with van der Waals surface area (Å²) in [5, 5.41) is 20.6. The molecule has 8 aliphatic carbocycles. The van der Waals surface area contributed by atoms with Crippen molar-refractivity contribution < 1.29 is 10.2 Å². The molecule has 0 heterocycles. The fourth-order valence-corrected chi connectivity index (χ4v) is 19.5. The molecule has 0 aliphatic heterocycles. The van der Waals surface area contributed by atoms with Crippen molar-refractivity contribution in [2.24, 2.45) is 90.7 Å². The summed E-state index contributed by atoms with van der Waals surface area (Å²) < 4.78 is 0. The molecule has 64 heavy (non-hydrogen) atoms. The van der Waals surface area contributed by atoms with Gasteiger partial charge in [-0.05, 0) is 247 Å². The Morgan fingerprint density at radius 1 is 0.562 bits per heavy atom. The lowest BCUT2D eigenvalue weighted by molar-refractivity contribution is -0.0584. The molecule has 366 valence electrons. The van der Waals surface area contributed by atoms with Crippen molar-refractivity contribution in [3.63, 3.8) is 0 Å². The van der Waals surface area contributed by atoms with Gasteiger partial charge in [0.2, 0.25) is 0 Å². The first kappa shape index (κ1) is 51.0. The van der Waals surface area contributed by atoms with Crippen LogP contribution in [0.15, 0.2) is 33.9 Å². The van der Waals surface area contributed by atoms with Crippen LogP contribution >= 0.6 is 0 Å². The van der Waals surface area contributed by atoms with Crippen LogP contribution in [-0.2, 0) is 0 Å². The number of allylic oxidation sites excluding steroid dienone is 6. The van der Waals surface area contributed by atoms with Gasteiger partial charge in [0.15, 0.2) is 0 Å². The monoisotopic (exact) mass is 883 g/mol. The van der Waals surface area contributed by atoms with Crippen LogP contribution in [0.1, 0.15) is 253 Å². The molecule has 0 aromatic heterocycles. The summed E-state index contributed by atoms with van der Waals surface area (Å²) in [5.41, 5.74) is 11.7. The molecule has 0 aromatic rings. The van der Waals surface area contributed by atoms with Gasteiger partial charge in [-0.3, -0.25) is 0 Å². The van der Waals surface area contributed by atoms with Crippen molar-refractivity contribution in [1.82, 2.24) is 0 Å². The molecule has 8 rings (SSSR count). The highest BCUT2D eigenvalue weighted by Crippen LogP contribution is 2.75. The molecule has 8 aliphatic rings. The fraction of sp³-hybridized carbons (Fsp3) is 0.903. The van der Waals surface area contributed by atoms with Gasteiger partial charge < -0.3 is 10.2 Å². The van der Waals surface area contributed by atoms with E-state index in [0.29, 0.717) is 55.7 Å². The van der Waals surface area contributed by atoms with E-state index in [4.69, 9.17) is 0 Å². The second kappa shape index (κ2) is 17.2. The lowest BCUT2D eigenvalue weighted by atomic mass is 9.42. The van der Waals surface area contributed by atoms with Crippen molar-refractivity contribution in [3.05, 3.63) is 33.9 Å². The quantitative estimate of drug-likeness (QED) is 0.227. The molecule has 15 atom stereocenters. The number of aliphatic hydroxyl groups excluding tert-OH is 1. The van der Waals surface area contributed by atoms with E-state index in [1.807, 2.05) is 22.3 Å². The first-order valence-corrected chi connectivity index (χ1v) is 28.0. The third kappa shape index (κ3) is 7.82. The Kier molecular flexibility index (Phi) is 13.7. The van der Waals surface area contributed by atoms with Crippen LogP contribution in [0, 0.1) is 90.7 Å². The molecule has 2 nitrogen and oxygen atoms in total. The van der Waals surface area contributed by atoms with Crippen LogP contribution in [-0.4, -0.2) is 21.9 Å². The molecule has 5 unspecified atom stereocenters. The molecule has 2 heteroatoms.